The number of carbonyl (C=O) groups excluding carboxylic acids is 1. The molecule has 2 aromatic rings. The van der Waals surface area contributed by atoms with Gasteiger partial charge in [0.2, 0.25) is 0 Å². The van der Waals surface area contributed by atoms with E-state index in [4.69, 9.17) is 27.3 Å². The van der Waals surface area contributed by atoms with E-state index >= 15 is 0 Å². The first-order valence-corrected chi connectivity index (χ1v) is 9.78. The molecular formula is C21H27ClN4O4. The first-order valence-electron chi connectivity index (χ1n) is 9.40. The number of benzene rings is 2. The number of halogens is 1. The second-order valence-electron chi connectivity index (χ2n) is 7.19. The average Bonchev–Trinajstić information content (AvgIpc) is 2.69. The van der Waals surface area contributed by atoms with E-state index in [0.717, 1.165) is 11.1 Å². The zero-order valence-electron chi connectivity index (χ0n) is 16.9. The quantitative estimate of drug-likeness (QED) is 0.179. The molecule has 8 nitrogen and oxygen atoms in total. The van der Waals surface area contributed by atoms with Crippen molar-refractivity contribution >= 4 is 29.2 Å². The molecule has 162 valence electrons. The molecule has 0 saturated carbocycles. The number of anilines is 1. The van der Waals surface area contributed by atoms with E-state index in [-0.39, 0.29) is 19.0 Å². The summed E-state index contributed by atoms with van der Waals surface area (Å²) in [5.41, 5.74) is 7.27. The Kier molecular flexibility index (Phi) is 8.46. The molecule has 0 fully saturated rings. The van der Waals surface area contributed by atoms with Gasteiger partial charge in [-0.15, -0.1) is 0 Å². The molecular weight excluding hydrogens is 408 g/mol. The molecule has 2 amide bonds. The van der Waals surface area contributed by atoms with Gasteiger partial charge in [-0.05, 0) is 49.2 Å². The average molecular weight is 435 g/mol. The van der Waals surface area contributed by atoms with Crippen LogP contribution in [0.4, 0.5) is 10.5 Å². The van der Waals surface area contributed by atoms with Crippen LogP contribution in [-0.4, -0.2) is 41.3 Å². The number of aliphatic hydroxyl groups excluding tert-OH is 1. The number of nitrogens with two attached hydrogens (primary N) is 1. The summed E-state index contributed by atoms with van der Waals surface area (Å²) in [5.74, 6) is 0.0567. The highest BCUT2D eigenvalue weighted by Gasteiger charge is 2.20. The lowest BCUT2D eigenvalue weighted by molar-refractivity contribution is 0.0786. The fraction of sp³-hybridized carbons (Fsp3) is 0.333. The normalized spacial score (nSPS) is 12.9. The summed E-state index contributed by atoms with van der Waals surface area (Å²) in [7, 11) is 0. The largest absolute Gasteiger partial charge is 0.393 e. The van der Waals surface area contributed by atoms with Crippen molar-refractivity contribution in [3.8, 4) is 0 Å². The molecule has 0 radical (unpaired) electrons. The van der Waals surface area contributed by atoms with Crippen LogP contribution in [-0.2, 0) is 16.9 Å². The van der Waals surface area contributed by atoms with Gasteiger partial charge in [0.25, 0.3) is 0 Å². The first-order chi connectivity index (χ1) is 14.2. The third-order valence-electron chi connectivity index (χ3n) is 4.22. The highest BCUT2D eigenvalue weighted by molar-refractivity contribution is 6.30. The van der Waals surface area contributed by atoms with Crippen LogP contribution in [0.25, 0.3) is 0 Å². The van der Waals surface area contributed by atoms with Crippen LogP contribution in [0, 0.1) is 0 Å². The molecule has 30 heavy (non-hydrogen) atoms. The van der Waals surface area contributed by atoms with Gasteiger partial charge in [-0.1, -0.05) is 41.0 Å². The van der Waals surface area contributed by atoms with Crippen molar-refractivity contribution in [2.75, 3.05) is 18.5 Å². The second-order valence-corrected chi connectivity index (χ2v) is 7.63. The van der Waals surface area contributed by atoms with Crippen LogP contribution in [0.1, 0.15) is 25.0 Å². The molecule has 1 atom stereocenters. The summed E-state index contributed by atoms with van der Waals surface area (Å²) in [5, 5.41) is 28.7. The number of carbonyl (C=O) groups is 1. The van der Waals surface area contributed by atoms with E-state index in [1.807, 2.05) is 24.3 Å². The van der Waals surface area contributed by atoms with Gasteiger partial charge in [0.05, 0.1) is 18.2 Å². The number of nitrogens with zero attached hydrogens (tertiary/aromatic N) is 1. The number of urea groups is 1. The Labute approximate surface area is 180 Å². The molecule has 0 heterocycles. The third kappa shape index (κ3) is 7.55. The molecule has 0 saturated heterocycles. The molecule has 0 bridgehead atoms. The van der Waals surface area contributed by atoms with Gasteiger partial charge in [0, 0.05) is 17.1 Å². The van der Waals surface area contributed by atoms with Gasteiger partial charge >= 0.3 is 6.03 Å². The zero-order valence-corrected chi connectivity index (χ0v) is 17.7. The van der Waals surface area contributed by atoms with Crippen molar-refractivity contribution in [2.24, 2.45) is 10.9 Å². The van der Waals surface area contributed by atoms with Crippen LogP contribution in [0.2, 0.25) is 5.02 Å². The highest BCUT2D eigenvalue weighted by Crippen LogP contribution is 2.20. The maximum absolute atomic E-state index is 12.4. The smallest absolute Gasteiger partial charge is 0.319 e. The number of aliphatic hydroxyl groups is 2. The lowest BCUT2D eigenvalue weighted by Gasteiger charge is -2.20. The van der Waals surface area contributed by atoms with Gasteiger partial charge in [-0.25, -0.2) is 4.79 Å². The number of amides is 2. The number of oxime groups is 1. The zero-order chi connectivity index (χ0) is 22.1. The summed E-state index contributed by atoms with van der Waals surface area (Å²) in [6.45, 7) is 3.20. The lowest BCUT2D eigenvalue weighted by atomic mass is 9.95. The Morgan fingerprint density at radius 1 is 1.20 bits per heavy atom. The Hall–Kier alpha value is -2.81. The van der Waals surface area contributed by atoms with E-state index in [9.17, 15) is 9.90 Å². The summed E-state index contributed by atoms with van der Waals surface area (Å²) >= 11 is 5.86. The van der Waals surface area contributed by atoms with Gasteiger partial charge in [0.15, 0.2) is 5.84 Å². The molecule has 0 spiro atoms. The highest BCUT2D eigenvalue weighted by atomic mass is 35.5. The first kappa shape index (κ1) is 23.5. The van der Waals surface area contributed by atoms with Crippen LogP contribution < -0.4 is 16.4 Å². The second kappa shape index (κ2) is 10.8. The van der Waals surface area contributed by atoms with Crippen molar-refractivity contribution in [2.45, 2.75) is 31.9 Å². The molecule has 9 heteroatoms. The topological polar surface area (TPSA) is 129 Å². The van der Waals surface area contributed by atoms with Crippen molar-refractivity contribution < 1.29 is 19.8 Å². The van der Waals surface area contributed by atoms with E-state index in [0.29, 0.717) is 17.1 Å². The van der Waals surface area contributed by atoms with E-state index < -0.39 is 17.7 Å². The third-order valence-corrected chi connectivity index (χ3v) is 4.47. The molecule has 0 aliphatic rings. The molecule has 6 N–H and O–H groups in total. The maximum atomic E-state index is 12.4. The van der Waals surface area contributed by atoms with Crippen molar-refractivity contribution in [1.29, 1.82) is 0 Å². The van der Waals surface area contributed by atoms with Crippen LogP contribution in [0.15, 0.2) is 53.7 Å². The standard InChI is InChI=1S/C21H27ClN4O4/c1-21(2,29)15-5-3-14(4-6-15)13-18(19(23)26-30-12-11-27)25-20(28)24-17-9-7-16(22)8-10-17/h3-10,18,27,29H,11-13H2,1-2H3,(H2,23,26)(H2,24,25,28)/t18-/m0/s1. The monoisotopic (exact) mass is 434 g/mol. The van der Waals surface area contributed by atoms with Gasteiger partial charge in [-0.2, -0.15) is 0 Å². The minimum atomic E-state index is -0.951. The van der Waals surface area contributed by atoms with Crippen LogP contribution in [0.3, 0.4) is 0 Å². The number of hydrogen-bond donors (Lipinski definition) is 5. The maximum Gasteiger partial charge on any atom is 0.319 e. The van der Waals surface area contributed by atoms with Crippen molar-refractivity contribution in [3.63, 3.8) is 0 Å². The Balaban J connectivity index is 2.12. The Morgan fingerprint density at radius 3 is 2.40 bits per heavy atom. The van der Waals surface area contributed by atoms with Crippen LogP contribution in [0.5, 0.6) is 0 Å². The van der Waals surface area contributed by atoms with E-state index in [2.05, 4.69) is 15.8 Å². The summed E-state index contributed by atoms with van der Waals surface area (Å²) in [4.78, 5) is 17.4. The SMILES string of the molecule is CC(C)(O)c1ccc(C[C@H](NC(=O)Nc2ccc(Cl)cc2)C(N)=NOCCO)cc1. The molecule has 2 rings (SSSR count). The summed E-state index contributed by atoms with van der Waals surface area (Å²) in [6.07, 6.45) is 0.345. The fourth-order valence-electron chi connectivity index (χ4n) is 2.60. The molecule has 2 aromatic carbocycles. The molecule has 0 aliphatic carbocycles. The van der Waals surface area contributed by atoms with Gasteiger partial charge in [-0.3, -0.25) is 0 Å². The Morgan fingerprint density at radius 2 is 1.83 bits per heavy atom. The van der Waals surface area contributed by atoms with Crippen molar-refractivity contribution in [1.82, 2.24) is 5.32 Å². The van der Waals surface area contributed by atoms with Crippen molar-refractivity contribution in [3.05, 3.63) is 64.7 Å². The number of rotatable bonds is 9. The van der Waals surface area contributed by atoms with E-state index in [1.165, 1.54) is 0 Å². The number of amidine groups is 1. The van der Waals surface area contributed by atoms with E-state index in [1.54, 1.807) is 38.1 Å². The predicted octanol–water partition coefficient (Wildman–Crippen LogP) is 2.58. The summed E-state index contributed by atoms with van der Waals surface area (Å²) < 4.78 is 0. The number of nitrogens with one attached hydrogen (secondary N) is 2. The minimum absolute atomic E-state index is 0.00926. The minimum Gasteiger partial charge on any atom is -0.393 e. The number of hydrogen-bond acceptors (Lipinski definition) is 5. The van der Waals surface area contributed by atoms with Crippen LogP contribution >= 0.6 is 11.6 Å². The lowest BCUT2D eigenvalue weighted by Crippen LogP contribution is -2.47. The van der Waals surface area contributed by atoms with Gasteiger partial charge < -0.3 is 31.4 Å². The Bertz CT molecular complexity index is 849. The fourth-order valence-corrected chi connectivity index (χ4v) is 2.72. The summed E-state index contributed by atoms with van der Waals surface area (Å²) in [6, 6.07) is 12.9. The predicted molar refractivity (Wildman–Crippen MR) is 117 cm³/mol. The molecule has 0 unspecified atom stereocenters. The molecule has 0 aromatic heterocycles. The molecule has 0 aliphatic heterocycles. The van der Waals surface area contributed by atoms with Gasteiger partial charge in [0.1, 0.15) is 6.61 Å².